The molecule has 0 aliphatic carbocycles. The van der Waals surface area contributed by atoms with Crippen molar-refractivity contribution in [1.82, 2.24) is 15.0 Å². The molecule has 8 nitrogen and oxygen atoms in total. The van der Waals surface area contributed by atoms with E-state index in [9.17, 15) is 13.2 Å². The third-order valence-electron chi connectivity index (χ3n) is 4.98. The molecule has 0 radical (unpaired) electrons. The van der Waals surface area contributed by atoms with E-state index in [1.807, 2.05) is 24.0 Å². The van der Waals surface area contributed by atoms with Crippen LogP contribution in [-0.2, 0) is 10.9 Å². The minimum Gasteiger partial charge on any atom is -0.378 e. The van der Waals surface area contributed by atoms with Gasteiger partial charge >= 0.3 is 6.18 Å². The van der Waals surface area contributed by atoms with E-state index >= 15 is 0 Å². The summed E-state index contributed by atoms with van der Waals surface area (Å²) in [6, 6.07) is 10.6. The van der Waals surface area contributed by atoms with Crippen molar-refractivity contribution >= 4 is 41.3 Å². The van der Waals surface area contributed by atoms with Crippen LogP contribution in [0.5, 0.6) is 0 Å². The number of ether oxygens (including phenoxy) is 1. The molecule has 0 amide bonds. The number of morpholine rings is 1. The van der Waals surface area contributed by atoms with Crippen LogP contribution in [0.15, 0.2) is 47.6 Å². The molecule has 34 heavy (non-hydrogen) atoms. The van der Waals surface area contributed by atoms with Crippen molar-refractivity contribution in [1.29, 1.82) is 0 Å². The van der Waals surface area contributed by atoms with Crippen molar-refractivity contribution in [2.45, 2.75) is 13.1 Å². The first-order chi connectivity index (χ1) is 16.3. The molecule has 1 aliphatic heterocycles. The number of hydrazone groups is 1. The summed E-state index contributed by atoms with van der Waals surface area (Å²) in [4.78, 5) is 15.1. The first-order valence-electron chi connectivity index (χ1n) is 10.4. The maximum absolute atomic E-state index is 13.2. The van der Waals surface area contributed by atoms with Gasteiger partial charge in [0.2, 0.25) is 17.8 Å². The SMILES string of the molecule is Cc1ccc(Nc2nc(N/N=C/c3ccccc3C(F)(F)F)nc(N3CCOCC3)n2)cc1Cl. The van der Waals surface area contributed by atoms with Gasteiger partial charge in [0.25, 0.3) is 0 Å². The molecule has 0 saturated carbocycles. The zero-order valence-corrected chi connectivity index (χ0v) is 18.9. The van der Waals surface area contributed by atoms with Gasteiger partial charge in [0.15, 0.2) is 0 Å². The predicted octanol–water partition coefficient (Wildman–Crippen LogP) is 4.88. The lowest BCUT2D eigenvalue weighted by atomic mass is 10.1. The van der Waals surface area contributed by atoms with E-state index < -0.39 is 11.7 Å². The number of aromatic nitrogens is 3. The van der Waals surface area contributed by atoms with Crippen molar-refractivity contribution in [3.8, 4) is 0 Å². The first-order valence-corrected chi connectivity index (χ1v) is 10.7. The summed E-state index contributed by atoms with van der Waals surface area (Å²) in [5, 5.41) is 7.59. The van der Waals surface area contributed by atoms with Gasteiger partial charge in [-0.2, -0.15) is 33.2 Å². The van der Waals surface area contributed by atoms with Crippen LogP contribution in [0, 0.1) is 6.92 Å². The van der Waals surface area contributed by atoms with Crippen LogP contribution < -0.4 is 15.6 Å². The number of nitrogens with zero attached hydrogens (tertiary/aromatic N) is 5. The highest BCUT2D eigenvalue weighted by molar-refractivity contribution is 6.31. The summed E-state index contributed by atoms with van der Waals surface area (Å²) >= 11 is 6.21. The lowest BCUT2D eigenvalue weighted by Gasteiger charge is -2.27. The maximum Gasteiger partial charge on any atom is 0.417 e. The molecule has 0 atom stereocenters. The van der Waals surface area contributed by atoms with Gasteiger partial charge in [0.05, 0.1) is 25.0 Å². The average Bonchev–Trinajstić information content (AvgIpc) is 2.82. The summed E-state index contributed by atoms with van der Waals surface area (Å²) in [6.45, 7) is 4.11. The molecular weight excluding hydrogens is 471 g/mol. The van der Waals surface area contributed by atoms with E-state index in [0.29, 0.717) is 43.0 Å². The van der Waals surface area contributed by atoms with Crippen LogP contribution >= 0.6 is 11.6 Å². The van der Waals surface area contributed by atoms with Crippen molar-refractivity contribution in [2.24, 2.45) is 5.10 Å². The number of halogens is 4. The van der Waals surface area contributed by atoms with E-state index in [0.717, 1.165) is 17.8 Å². The fourth-order valence-electron chi connectivity index (χ4n) is 3.20. The Morgan fingerprint density at radius 2 is 1.79 bits per heavy atom. The molecule has 1 aliphatic rings. The molecule has 12 heteroatoms. The second kappa shape index (κ2) is 10.2. The zero-order valence-electron chi connectivity index (χ0n) is 18.1. The normalized spacial score (nSPS) is 14.4. The van der Waals surface area contributed by atoms with Crippen LogP contribution in [0.2, 0.25) is 5.02 Å². The van der Waals surface area contributed by atoms with Crippen LogP contribution in [0.25, 0.3) is 0 Å². The first kappa shape index (κ1) is 23.7. The lowest BCUT2D eigenvalue weighted by molar-refractivity contribution is -0.137. The standard InChI is InChI=1S/C22H21ClF3N7O/c1-14-6-7-16(12-18(14)23)28-19-29-20(31-21(30-19)33-8-10-34-11-9-33)32-27-13-15-4-2-3-5-17(15)22(24,25)26/h2-7,12-13H,8-11H2,1H3,(H2,28,29,30,31,32)/b27-13+. The topological polar surface area (TPSA) is 87.6 Å². The molecular formula is C22H21ClF3N7O. The number of anilines is 4. The number of aryl methyl sites for hydroxylation is 1. The Balaban J connectivity index is 1.60. The Morgan fingerprint density at radius 3 is 2.53 bits per heavy atom. The molecule has 3 aromatic rings. The largest absolute Gasteiger partial charge is 0.417 e. The Kier molecular flexibility index (Phi) is 7.13. The highest BCUT2D eigenvalue weighted by atomic mass is 35.5. The zero-order chi connectivity index (χ0) is 24.1. The van der Waals surface area contributed by atoms with Crippen LogP contribution in [0.3, 0.4) is 0 Å². The van der Waals surface area contributed by atoms with E-state index in [-0.39, 0.29) is 17.5 Å². The second-order valence-corrected chi connectivity index (χ2v) is 7.83. The van der Waals surface area contributed by atoms with Gasteiger partial charge in [-0.25, -0.2) is 5.43 Å². The number of alkyl halides is 3. The number of hydrogen-bond acceptors (Lipinski definition) is 8. The van der Waals surface area contributed by atoms with Gasteiger partial charge in [-0.05, 0) is 30.7 Å². The Hall–Kier alpha value is -3.44. The van der Waals surface area contributed by atoms with Crippen LogP contribution in [0.1, 0.15) is 16.7 Å². The minimum atomic E-state index is -4.49. The highest BCUT2D eigenvalue weighted by Crippen LogP contribution is 2.31. The number of rotatable bonds is 6. The molecule has 2 aromatic carbocycles. The van der Waals surface area contributed by atoms with Gasteiger partial charge in [-0.3, -0.25) is 0 Å². The molecule has 178 valence electrons. The third-order valence-corrected chi connectivity index (χ3v) is 5.39. The van der Waals surface area contributed by atoms with E-state index in [1.165, 1.54) is 18.2 Å². The fourth-order valence-corrected chi connectivity index (χ4v) is 3.38. The molecule has 1 aromatic heterocycles. The molecule has 2 N–H and O–H groups in total. The summed E-state index contributed by atoms with van der Waals surface area (Å²) in [5.74, 6) is 0.676. The molecule has 4 rings (SSSR count). The van der Waals surface area contributed by atoms with Gasteiger partial charge in [-0.1, -0.05) is 35.9 Å². The van der Waals surface area contributed by atoms with Crippen molar-refractivity contribution < 1.29 is 17.9 Å². The fraction of sp³-hybridized carbons (Fsp3) is 0.273. The van der Waals surface area contributed by atoms with Gasteiger partial charge in [-0.15, -0.1) is 0 Å². The van der Waals surface area contributed by atoms with Gasteiger partial charge in [0.1, 0.15) is 0 Å². The Labute approximate surface area is 198 Å². The third kappa shape index (κ3) is 5.91. The molecule has 1 fully saturated rings. The van der Waals surface area contributed by atoms with Crippen LogP contribution in [0.4, 0.5) is 36.7 Å². The number of nitrogens with one attached hydrogen (secondary N) is 2. The number of hydrogen-bond donors (Lipinski definition) is 2. The second-order valence-electron chi connectivity index (χ2n) is 7.43. The average molecular weight is 492 g/mol. The predicted molar refractivity (Wildman–Crippen MR) is 125 cm³/mol. The van der Waals surface area contributed by atoms with E-state index in [2.05, 4.69) is 30.8 Å². The van der Waals surface area contributed by atoms with Gasteiger partial charge < -0.3 is 15.0 Å². The van der Waals surface area contributed by atoms with Crippen molar-refractivity contribution in [2.75, 3.05) is 41.9 Å². The molecule has 0 unspecified atom stereocenters. The highest BCUT2D eigenvalue weighted by Gasteiger charge is 2.32. The molecule has 1 saturated heterocycles. The molecule has 0 bridgehead atoms. The summed E-state index contributed by atoms with van der Waals surface area (Å²) in [6.07, 6.45) is -3.42. The quantitative estimate of drug-likeness (QED) is 0.375. The van der Waals surface area contributed by atoms with Gasteiger partial charge in [0, 0.05) is 29.4 Å². The minimum absolute atomic E-state index is 0.0675. The van der Waals surface area contributed by atoms with Crippen molar-refractivity contribution in [3.05, 3.63) is 64.2 Å². The van der Waals surface area contributed by atoms with E-state index in [4.69, 9.17) is 16.3 Å². The maximum atomic E-state index is 13.2. The summed E-state index contributed by atoms with van der Waals surface area (Å²) < 4.78 is 45.0. The molecule has 2 heterocycles. The van der Waals surface area contributed by atoms with Crippen molar-refractivity contribution in [3.63, 3.8) is 0 Å². The number of benzene rings is 2. The molecule has 0 spiro atoms. The van der Waals surface area contributed by atoms with E-state index in [1.54, 1.807) is 6.07 Å². The summed E-state index contributed by atoms with van der Waals surface area (Å²) in [5.41, 5.74) is 3.33. The summed E-state index contributed by atoms with van der Waals surface area (Å²) in [7, 11) is 0. The lowest BCUT2D eigenvalue weighted by Crippen LogP contribution is -2.37. The Bertz CT molecular complexity index is 1180. The smallest absolute Gasteiger partial charge is 0.378 e. The Morgan fingerprint density at radius 1 is 1.06 bits per heavy atom. The van der Waals surface area contributed by atoms with Crippen LogP contribution in [-0.4, -0.2) is 47.5 Å². The monoisotopic (exact) mass is 491 g/mol.